The molecular formula is C24H19IrN4S-. The Bertz CT molecular complexity index is 1320. The van der Waals surface area contributed by atoms with Crippen LogP contribution < -0.4 is 0 Å². The molecule has 6 heteroatoms. The Balaban J connectivity index is 0.00000218. The van der Waals surface area contributed by atoms with Gasteiger partial charge in [-0.3, -0.25) is 14.6 Å². The van der Waals surface area contributed by atoms with Crippen molar-refractivity contribution in [2.45, 2.75) is 20.8 Å². The fourth-order valence-electron chi connectivity index (χ4n) is 3.79. The van der Waals surface area contributed by atoms with Gasteiger partial charge in [-0.2, -0.15) is 5.10 Å². The summed E-state index contributed by atoms with van der Waals surface area (Å²) in [6.07, 6.45) is 1.61. The Morgan fingerprint density at radius 3 is 2.40 bits per heavy atom. The average Bonchev–Trinajstić information content (AvgIpc) is 3.33. The number of hydrogen-bond acceptors (Lipinski definition) is 4. The van der Waals surface area contributed by atoms with E-state index in [-0.39, 0.29) is 20.1 Å². The van der Waals surface area contributed by atoms with Crippen LogP contribution in [0.2, 0.25) is 0 Å². The molecule has 0 aliphatic heterocycles. The largest absolute Gasteiger partial charge is 0.290 e. The van der Waals surface area contributed by atoms with Crippen LogP contribution in [0, 0.1) is 26.8 Å². The summed E-state index contributed by atoms with van der Waals surface area (Å²) in [6, 6.07) is 22.2. The number of hydrogen-bond donors (Lipinski definition) is 0. The first kappa shape index (κ1) is 20.6. The van der Waals surface area contributed by atoms with Crippen LogP contribution in [0.3, 0.4) is 0 Å². The second-order valence-corrected chi connectivity index (χ2v) is 8.38. The van der Waals surface area contributed by atoms with Crippen molar-refractivity contribution in [3.63, 3.8) is 0 Å². The van der Waals surface area contributed by atoms with E-state index in [4.69, 9.17) is 0 Å². The Hall–Kier alpha value is -2.66. The summed E-state index contributed by atoms with van der Waals surface area (Å²) < 4.78 is 3.06. The van der Waals surface area contributed by atoms with Crippen molar-refractivity contribution >= 4 is 21.6 Å². The summed E-state index contributed by atoms with van der Waals surface area (Å²) in [4.78, 5) is 9.07. The number of thiazole rings is 1. The van der Waals surface area contributed by atoms with E-state index in [2.05, 4.69) is 77.4 Å². The van der Waals surface area contributed by atoms with Gasteiger partial charge in [0.25, 0.3) is 0 Å². The minimum atomic E-state index is 0. The number of nitrogens with zero attached hydrogens (tertiary/aromatic N) is 4. The minimum absolute atomic E-state index is 0. The summed E-state index contributed by atoms with van der Waals surface area (Å²) in [5.74, 6) is 0.789. The van der Waals surface area contributed by atoms with E-state index in [1.165, 1.54) is 11.1 Å². The first-order valence-electron chi connectivity index (χ1n) is 9.46. The van der Waals surface area contributed by atoms with Crippen molar-refractivity contribution in [3.8, 4) is 28.2 Å². The molecule has 5 rings (SSSR count). The Morgan fingerprint density at radius 2 is 1.67 bits per heavy atom. The SMILES string of the molecule is Cc1nc2c[c-]c(-c3ncnn3-c3c(C)cc(-c4ccccc4)cc3C)cc2s1.[Ir]. The Labute approximate surface area is 193 Å². The van der Waals surface area contributed by atoms with Crippen molar-refractivity contribution in [1.29, 1.82) is 0 Å². The van der Waals surface area contributed by atoms with Gasteiger partial charge in [0.05, 0.1) is 16.5 Å². The predicted octanol–water partition coefficient (Wildman–Crippen LogP) is 5.93. The van der Waals surface area contributed by atoms with Crippen LogP contribution in [0.25, 0.3) is 38.4 Å². The molecule has 0 spiro atoms. The third-order valence-corrected chi connectivity index (χ3v) is 5.96. The second kappa shape index (κ2) is 8.23. The third kappa shape index (κ3) is 3.63. The van der Waals surface area contributed by atoms with Gasteiger partial charge in [-0.05, 0) is 65.4 Å². The third-order valence-electron chi connectivity index (χ3n) is 5.03. The van der Waals surface area contributed by atoms with Gasteiger partial charge in [0, 0.05) is 20.1 Å². The molecule has 151 valence electrons. The number of fused-ring (bicyclic) bond motifs is 1. The van der Waals surface area contributed by atoms with Crippen molar-refractivity contribution in [2.75, 3.05) is 0 Å². The molecule has 30 heavy (non-hydrogen) atoms. The van der Waals surface area contributed by atoms with Crippen LogP contribution in [-0.2, 0) is 20.1 Å². The molecule has 2 heterocycles. The van der Waals surface area contributed by atoms with Gasteiger partial charge in [0.15, 0.2) is 0 Å². The molecular weight excluding hydrogens is 569 g/mol. The number of rotatable bonds is 3. The number of benzene rings is 3. The van der Waals surface area contributed by atoms with Crippen molar-refractivity contribution < 1.29 is 20.1 Å². The molecule has 4 nitrogen and oxygen atoms in total. The van der Waals surface area contributed by atoms with Crippen molar-refractivity contribution in [2.24, 2.45) is 0 Å². The Kier molecular flexibility index (Phi) is 5.65. The molecule has 5 aromatic rings. The summed E-state index contributed by atoms with van der Waals surface area (Å²) in [7, 11) is 0. The van der Waals surface area contributed by atoms with E-state index in [9.17, 15) is 0 Å². The summed E-state index contributed by atoms with van der Waals surface area (Å²) in [6.45, 7) is 6.27. The van der Waals surface area contributed by atoms with Gasteiger partial charge >= 0.3 is 0 Å². The van der Waals surface area contributed by atoms with Crippen LogP contribution >= 0.6 is 11.3 Å². The van der Waals surface area contributed by atoms with E-state index in [0.717, 1.165) is 43.4 Å². The van der Waals surface area contributed by atoms with Crippen LogP contribution in [0.15, 0.2) is 60.9 Å². The van der Waals surface area contributed by atoms with Gasteiger partial charge in [-0.1, -0.05) is 30.3 Å². The van der Waals surface area contributed by atoms with Crippen LogP contribution in [-0.4, -0.2) is 19.7 Å². The second-order valence-electron chi connectivity index (χ2n) is 7.15. The monoisotopic (exact) mass is 588 g/mol. The molecule has 0 amide bonds. The molecule has 2 aromatic heterocycles. The summed E-state index contributed by atoms with van der Waals surface area (Å²) in [5, 5.41) is 5.60. The summed E-state index contributed by atoms with van der Waals surface area (Å²) in [5.41, 5.74) is 7.69. The van der Waals surface area contributed by atoms with E-state index in [1.54, 1.807) is 17.7 Å². The molecule has 0 fully saturated rings. The van der Waals surface area contributed by atoms with Crippen molar-refractivity contribution in [1.82, 2.24) is 19.7 Å². The minimum Gasteiger partial charge on any atom is -0.290 e. The zero-order valence-electron chi connectivity index (χ0n) is 16.8. The van der Waals surface area contributed by atoms with Crippen LogP contribution in [0.5, 0.6) is 0 Å². The number of aryl methyl sites for hydroxylation is 3. The van der Waals surface area contributed by atoms with Gasteiger partial charge < -0.3 is 0 Å². The molecule has 0 atom stereocenters. The molecule has 0 saturated carbocycles. The van der Waals surface area contributed by atoms with E-state index >= 15 is 0 Å². The van der Waals surface area contributed by atoms with Crippen LogP contribution in [0.4, 0.5) is 0 Å². The van der Waals surface area contributed by atoms with Crippen molar-refractivity contribution in [3.05, 3.63) is 83.1 Å². The first-order valence-corrected chi connectivity index (χ1v) is 10.3. The zero-order valence-corrected chi connectivity index (χ0v) is 20.0. The first-order chi connectivity index (χ1) is 14.1. The van der Waals surface area contributed by atoms with Crippen LogP contribution in [0.1, 0.15) is 16.1 Å². The zero-order chi connectivity index (χ0) is 20.0. The smallest absolute Gasteiger partial charge is 0.127 e. The van der Waals surface area contributed by atoms with Gasteiger partial charge in [0.1, 0.15) is 6.33 Å². The maximum absolute atomic E-state index is 4.55. The summed E-state index contributed by atoms with van der Waals surface area (Å²) >= 11 is 1.68. The maximum atomic E-state index is 4.55. The van der Waals surface area contributed by atoms with Gasteiger partial charge in [0.2, 0.25) is 0 Å². The molecule has 3 aromatic carbocycles. The van der Waals surface area contributed by atoms with Gasteiger partial charge in [-0.25, -0.2) is 0 Å². The fourth-order valence-corrected chi connectivity index (χ4v) is 4.64. The molecule has 0 bridgehead atoms. The molecule has 0 aliphatic rings. The molecule has 1 radical (unpaired) electrons. The predicted molar refractivity (Wildman–Crippen MR) is 118 cm³/mol. The maximum Gasteiger partial charge on any atom is 0.127 e. The number of aromatic nitrogens is 4. The molecule has 0 saturated heterocycles. The van der Waals surface area contributed by atoms with E-state index in [0.29, 0.717) is 0 Å². The topological polar surface area (TPSA) is 43.6 Å². The normalized spacial score (nSPS) is 10.9. The standard InChI is InChI=1S/C24H19N4S.Ir/c1-15-11-20(18-7-5-4-6-8-18)12-16(2)23(15)28-24(25-14-26-28)19-9-10-21-22(13-19)29-17(3)27-21;/h4-8,10-14H,1-3H3;/q-1;. The molecule has 0 aliphatic carbocycles. The van der Waals surface area contributed by atoms with E-state index in [1.807, 2.05) is 23.7 Å². The quantitative estimate of drug-likeness (QED) is 0.246. The average molecular weight is 588 g/mol. The molecule has 0 N–H and O–H groups in total. The molecule has 0 unspecified atom stereocenters. The Morgan fingerprint density at radius 1 is 0.933 bits per heavy atom. The van der Waals surface area contributed by atoms with E-state index < -0.39 is 0 Å². The fraction of sp³-hybridized carbons (Fsp3) is 0.125. The van der Waals surface area contributed by atoms with Gasteiger partial charge in [-0.15, -0.1) is 35.1 Å².